The highest BCUT2D eigenvalue weighted by molar-refractivity contribution is 6.34. The molecule has 1 saturated carbocycles. The summed E-state index contributed by atoms with van der Waals surface area (Å²) in [6.07, 6.45) is 6.90. The Bertz CT molecular complexity index is 1330. The second kappa shape index (κ2) is 10.7. The first-order chi connectivity index (χ1) is 18.6. The van der Waals surface area contributed by atoms with Crippen LogP contribution < -0.4 is 15.5 Å². The average molecular weight is 557 g/mol. The van der Waals surface area contributed by atoms with Crippen LogP contribution in [-0.4, -0.2) is 53.5 Å². The normalized spacial score (nSPS) is 23.1. The first-order valence-electron chi connectivity index (χ1n) is 13.2. The largest absolute Gasteiger partial charge is 0.331 e. The van der Waals surface area contributed by atoms with E-state index < -0.39 is 22.9 Å². The van der Waals surface area contributed by atoms with Gasteiger partial charge in [-0.15, -0.1) is 0 Å². The molecule has 2 N–H and O–H groups in total. The Kier molecular flexibility index (Phi) is 7.48. The number of carbonyl (C=O) groups is 3. The number of halogens is 3. The van der Waals surface area contributed by atoms with E-state index in [0.717, 1.165) is 35.8 Å². The number of urea groups is 1. The predicted octanol–water partition coefficient (Wildman–Crippen LogP) is 4.82. The van der Waals surface area contributed by atoms with Gasteiger partial charge < -0.3 is 15.5 Å². The molecule has 5 rings (SSSR count). The van der Waals surface area contributed by atoms with Crippen LogP contribution >= 0.6 is 11.6 Å². The van der Waals surface area contributed by atoms with Crippen LogP contribution in [0.3, 0.4) is 0 Å². The van der Waals surface area contributed by atoms with Gasteiger partial charge in [0.25, 0.3) is 5.91 Å². The highest BCUT2D eigenvalue weighted by Gasteiger charge is 2.52. The van der Waals surface area contributed by atoms with Crippen molar-refractivity contribution in [3.05, 3.63) is 70.3 Å². The lowest BCUT2D eigenvalue weighted by molar-refractivity contribution is -0.132. The Labute approximate surface area is 231 Å². The second-order valence-electron chi connectivity index (χ2n) is 10.8. The van der Waals surface area contributed by atoms with Gasteiger partial charge in [0.15, 0.2) is 0 Å². The van der Waals surface area contributed by atoms with E-state index >= 15 is 0 Å². The van der Waals surface area contributed by atoms with Gasteiger partial charge in [-0.3, -0.25) is 9.59 Å². The number of imide groups is 1. The maximum Gasteiger partial charge on any atom is 0.329 e. The van der Waals surface area contributed by atoms with Crippen LogP contribution in [0.25, 0.3) is 6.08 Å². The second-order valence-corrected chi connectivity index (χ2v) is 11.2. The fourth-order valence-electron chi connectivity index (χ4n) is 5.98. The maximum absolute atomic E-state index is 14.6. The number of anilines is 1. The topological polar surface area (TPSA) is 81.8 Å². The lowest BCUT2D eigenvalue weighted by Crippen LogP contribution is -2.62. The number of piperazine rings is 1. The summed E-state index contributed by atoms with van der Waals surface area (Å²) < 4.78 is 28.0. The molecule has 3 fully saturated rings. The minimum absolute atomic E-state index is 0.0803. The van der Waals surface area contributed by atoms with Gasteiger partial charge in [-0.1, -0.05) is 43.0 Å². The number of nitrogens with one attached hydrogen (secondary N) is 2. The van der Waals surface area contributed by atoms with Crippen molar-refractivity contribution in [2.75, 3.05) is 24.5 Å². The van der Waals surface area contributed by atoms with E-state index in [1.165, 1.54) is 30.4 Å². The van der Waals surface area contributed by atoms with Crippen molar-refractivity contribution in [3.8, 4) is 0 Å². The molecule has 2 aromatic rings. The van der Waals surface area contributed by atoms with Crippen molar-refractivity contribution < 1.29 is 23.2 Å². The molecule has 7 nitrogen and oxygen atoms in total. The molecule has 10 heteroatoms. The average Bonchev–Trinajstić information content (AvgIpc) is 3.14. The van der Waals surface area contributed by atoms with E-state index in [1.807, 2.05) is 6.92 Å². The molecule has 2 heterocycles. The molecule has 1 spiro atoms. The number of hydrogen-bond donors (Lipinski definition) is 2. The lowest BCUT2D eigenvalue weighted by Gasteiger charge is -2.45. The zero-order valence-corrected chi connectivity index (χ0v) is 22.5. The molecule has 0 bridgehead atoms. The molecule has 2 aliphatic heterocycles. The molecule has 4 amide bonds. The molecular formula is C29H31ClF2N4O3. The van der Waals surface area contributed by atoms with Crippen molar-refractivity contribution in [1.29, 1.82) is 0 Å². The summed E-state index contributed by atoms with van der Waals surface area (Å²) in [5, 5.41) is 5.89. The quantitative estimate of drug-likeness (QED) is 0.408. The van der Waals surface area contributed by atoms with Gasteiger partial charge in [-0.2, -0.15) is 0 Å². The van der Waals surface area contributed by atoms with Crippen molar-refractivity contribution in [3.63, 3.8) is 0 Å². The van der Waals surface area contributed by atoms with E-state index in [2.05, 4.69) is 10.6 Å². The fourth-order valence-corrected chi connectivity index (χ4v) is 6.20. The predicted molar refractivity (Wildman–Crippen MR) is 145 cm³/mol. The lowest BCUT2D eigenvalue weighted by atomic mass is 9.81. The summed E-state index contributed by atoms with van der Waals surface area (Å²) in [7, 11) is 0. The van der Waals surface area contributed by atoms with Gasteiger partial charge in [0.2, 0.25) is 5.91 Å². The first kappa shape index (κ1) is 27.3. The Hall–Kier alpha value is -3.30. The molecule has 1 aliphatic carbocycles. The molecule has 0 aromatic heterocycles. The highest BCUT2D eigenvalue weighted by atomic mass is 35.5. The van der Waals surface area contributed by atoms with E-state index in [9.17, 15) is 23.2 Å². The summed E-state index contributed by atoms with van der Waals surface area (Å²) in [4.78, 5) is 42.7. The number of nitrogens with zero attached hydrogens (tertiary/aromatic N) is 2. The van der Waals surface area contributed by atoms with Crippen LogP contribution in [-0.2, 0) is 16.0 Å². The molecule has 39 heavy (non-hydrogen) atoms. The third-order valence-corrected chi connectivity index (χ3v) is 8.43. The van der Waals surface area contributed by atoms with Crippen molar-refractivity contribution in [1.82, 2.24) is 15.5 Å². The molecular weight excluding hydrogens is 526 g/mol. The number of amides is 4. The minimum atomic E-state index is -0.962. The van der Waals surface area contributed by atoms with E-state index in [1.54, 1.807) is 17.0 Å². The summed E-state index contributed by atoms with van der Waals surface area (Å²) in [5.41, 5.74) is -0.475. The van der Waals surface area contributed by atoms with Crippen LogP contribution in [0, 0.1) is 11.6 Å². The van der Waals surface area contributed by atoms with Crippen molar-refractivity contribution >= 4 is 41.2 Å². The maximum atomic E-state index is 14.6. The Morgan fingerprint density at radius 1 is 1.08 bits per heavy atom. The Morgan fingerprint density at radius 3 is 2.51 bits per heavy atom. The molecule has 3 aliphatic rings. The van der Waals surface area contributed by atoms with Gasteiger partial charge >= 0.3 is 6.03 Å². The van der Waals surface area contributed by atoms with E-state index in [4.69, 9.17) is 11.6 Å². The third-order valence-electron chi connectivity index (χ3n) is 8.05. The Balaban J connectivity index is 1.43. The van der Waals surface area contributed by atoms with Gasteiger partial charge in [-0.05, 0) is 62.1 Å². The zero-order chi connectivity index (χ0) is 27.8. The van der Waals surface area contributed by atoms with Gasteiger partial charge in [-0.25, -0.2) is 18.5 Å². The number of rotatable bonds is 5. The summed E-state index contributed by atoms with van der Waals surface area (Å²) in [6.45, 7) is 3.50. The number of hydrogen-bond acceptors (Lipinski definition) is 4. The highest BCUT2D eigenvalue weighted by Crippen LogP contribution is 2.39. The summed E-state index contributed by atoms with van der Waals surface area (Å²) in [6, 6.07) is 8.05. The van der Waals surface area contributed by atoms with Crippen LogP contribution in [0.5, 0.6) is 0 Å². The monoisotopic (exact) mass is 556 g/mol. The first-order valence-corrected chi connectivity index (χ1v) is 13.6. The van der Waals surface area contributed by atoms with E-state index in [-0.39, 0.29) is 33.9 Å². The molecule has 0 radical (unpaired) electrons. The molecule has 0 unspecified atom stereocenters. The molecule has 2 saturated heterocycles. The number of benzene rings is 2. The third kappa shape index (κ3) is 5.17. The number of carbonyl (C=O) groups excluding carboxylic acids is 3. The molecule has 2 aromatic carbocycles. The minimum Gasteiger partial charge on any atom is -0.331 e. The van der Waals surface area contributed by atoms with Gasteiger partial charge in [0.05, 0.1) is 16.2 Å². The summed E-state index contributed by atoms with van der Waals surface area (Å²) in [5.74, 6) is -1.77. The van der Waals surface area contributed by atoms with Crippen LogP contribution in [0.1, 0.15) is 50.2 Å². The smallest absolute Gasteiger partial charge is 0.329 e. The van der Waals surface area contributed by atoms with Gasteiger partial charge in [0.1, 0.15) is 17.2 Å². The molecule has 1 atom stereocenters. The molecule has 206 valence electrons. The van der Waals surface area contributed by atoms with Crippen LogP contribution in [0.15, 0.2) is 42.5 Å². The SMILES string of the molecule is C[C@@]1(Cc2ccc(F)cc2)CNCCN1C(=O)/C=C/c1c(N2C(=O)NC3(CCCCC3)C2=O)ccc(F)c1Cl. The summed E-state index contributed by atoms with van der Waals surface area (Å²) >= 11 is 6.33. The van der Waals surface area contributed by atoms with Gasteiger partial charge in [0, 0.05) is 31.3 Å². The van der Waals surface area contributed by atoms with Crippen molar-refractivity contribution in [2.45, 2.75) is 56.5 Å². The standard InChI is InChI=1S/C29H31ClF2N4O3/c1-28(17-19-5-7-20(31)8-6-19)18-33-15-16-35(28)24(37)12-9-21-23(11-10-22(32)25(21)30)36-26(38)29(34-27(36)39)13-3-2-4-14-29/h5-12,33H,2-4,13-18H2,1H3,(H,34,39)/b12-9+/t28-/m1/s1. The van der Waals surface area contributed by atoms with Crippen molar-refractivity contribution in [2.24, 2.45) is 0 Å². The van der Waals surface area contributed by atoms with Crippen LogP contribution in [0.2, 0.25) is 5.02 Å². The van der Waals surface area contributed by atoms with Crippen LogP contribution in [0.4, 0.5) is 19.3 Å². The zero-order valence-electron chi connectivity index (χ0n) is 21.7. The fraction of sp³-hybridized carbons (Fsp3) is 0.414. The van der Waals surface area contributed by atoms with E-state index in [0.29, 0.717) is 38.9 Å². The Morgan fingerprint density at radius 2 is 1.79 bits per heavy atom.